The van der Waals surface area contributed by atoms with Crippen LogP contribution in [-0.4, -0.2) is 36.6 Å². The van der Waals surface area contributed by atoms with Gasteiger partial charge in [-0.25, -0.2) is 4.79 Å². The maximum Gasteiger partial charge on any atom is 0.338 e. The van der Waals surface area contributed by atoms with E-state index in [0.29, 0.717) is 11.6 Å². The minimum absolute atomic E-state index is 0.111. The Morgan fingerprint density at radius 3 is 2.81 bits per heavy atom. The van der Waals surface area contributed by atoms with Crippen LogP contribution < -0.4 is 5.32 Å². The van der Waals surface area contributed by atoms with Crippen LogP contribution in [0, 0.1) is 6.92 Å². The van der Waals surface area contributed by atoms with E-state index in [1.165, 1.54) is 11.1 Å². The Hall–Kier alpha value is -2.17. The molecule has 0 aromatic heterocycles. The van der Waals surface area contributed by atoms with Crippen molar-refractivity contribution in [2.75, 3.05) is 19.6 Å². The Morgan fingerprint density at radius 2 is 2.04 bits per heavy atom. The molecule has 1 aliphatic rings. The van der Waals surface area contributed by atoms with Crippen molar-refractivity contribution in [3.05, 3.63) is 70.8 Å². The van der Waals surface area contributed by atoms with Crippen LogP contribution in [0.1, 0.15) is 46.9 Å². The highest BCUT2D eigenvalue weighted by Gasteiger charge is 2.22. The predicted molar refractivity (Wildman–Crippen MR) is 104 cm³/mol. The Balaban J connectivity index is 1.72. The van der Waals surface area contributed by atoms with Gasteiger partial charge >= 0.3 is 5.97 Å². The Kier molecular flexibility index (Phi) is 6.07. The van der Waals surface area contributed by atoms with Crippen molar-refractivity contribution in [2.24, 2.45) is 0 Å². The van der Waals surface area contributed by atoms with Gasteiger partial charge in [-0.2, -0.15) is 0 Å². The zero-order valence-corrected chi connectivity index (χ0v) is 15.9. The van der Waals surface area contributed by atoms with Gasteiger partial charge in [0.05, 0.1) is 11.7 Å². The fourth-order valence-corrected chi connectivity index (χ4v) is 3.44. The molecule has 2 aromatic rings. The lowest BCUT2D eigenvalue weighted by molar-refractivity contribution is 0.0375. The SMILES string of the molecule is Cc1cccc(C2CN(Cc3ccccc3C(=O)OC(C)C)CCN2)c1. The molecule has 3 rings (SSSR count). The van der Waals surface area contributed by atoms with Gasteiger partial charge < -0.3 is 10.1 Å². The van der Waals surface area contributed by atoms with Crippen LogP contribution in [0.3, 0.4) is 0 Å². The van der Waals surface area contributed by atoms with Crippen molar-refractivity contribution >= 4 is 5.97 Å². The maximum atomic E-state index is 12.4. The molecule has 138 valence electrons. The number of esters is 1. The number of carbonyl (C=O) groups is 1. The highest BCUT2D eigenvalue weighted by atomic mass is 16.5. The first kappa shape index (κ1) is 18.6. The molecule has 1 atom stereocenters. The van der Waals surface area contributed by atoms with Gasteiger partial charge in [-0.1, -0.05) is 48.0 Å². The van der Waals surface area contributed by atoms with Gasteiger partial charge in [0.15, 0.2) is 0 Å². The van der Waals surface area contributed by atoms with Gasteiger partial charge in [0.25, 0.3) is 0 Å². The number of aryl methyl sites for hydroxylation is 1. The van der Waals surface area contributed by atoms with Crippen LogP contribution in [0.5, 0.6) is 0 Å². The molecule has 0 saturated carbocycles. The minimum Gasteiger partial charge on any atom is -0.459 e. The lowest BCUT2D eigenvalue weighted by Gasteiger charge is -2.34. The molecular weight excluding hydrogens is 324 g/mol. The summed E-state index contributed by atoms with van der Waals surface area (Å²) in [6.45, 7) is 9.48. The summed E-state index contributed by atoms with van der Waals surface area (Å²) in [4.78, 5) is 14.8. The lowest BCUT2D eigenvalue weighted by Crippen LogP contribution is -2.45. The normalized spacial score (nSPS) is 18.1. The van der Waals surface area contributed by atoms with Crippen LogP contribution in [-0.2, 0) is 11.3 Å². The van der Waals surface area contributed by atoms with Crippen molar-refractivity contribution in [2.45, 2.75) is 39.5 Å². The number of hydrogen-bond acceptors (Lipinski definition) is 4. The van der Waals surface area contributed by atoms with E-state index in [1.807, 2.05) is 38.1 Å². The third kappa shape index (κ3) is 4.71. The Bertz CT molecular complexity index is 757. The second-order valence-electron chi connectivity index (χ2n) is 7.27. The lowest BCUT2D eigenvalue weighted by atomic mass is 10.0. The van der Waals surface area contributed by atoms with Crippen LogP contribution in [0.15, 0.2) is 48.5 Å². The molecule has 4 nitrogen and oxygen atoms in total. The molecule has 0 spiro atoms. The Labute approximate surface area is 156 Å². The quantitative estimate of drug-likeness (QED) is 0.833. The third-order valence-corrected chi connectivity index (χ3v) is 4.68. The van der Waals surface area contributed by atoms with Crippen molar-refractivity contribution in [3.8, 4) is 0 Å². The van der Waals surface area contributed by atoms with Gasteiger partial charge in [-0.05, 0) is 38.0 Å². The first-order chi connectivity index (χ1) is 12.5. The summed E-state index contributed by atoms with van der Waals surface area (Å²) in [6.07, 6.45) is -0.111. The maximum absolute atomic E-state index is 12.4. The molecular formula is C22H28N2O2. The van der Waals surface area contributed by atoms with E-state index in [9.17, 15) is 4.79 Å². The molecule has 0 amide bonds. The zero-order chi connectivity index (χ0) is 18.5. The molecule has 0 bridgehead atoms. The molecule has 0 aliphatic carbocycles. The van der Waals surface area contributed by atoms with Crippen LogP contribution in [0.2, 0.25) is 0 Å². The highest BCUT2D eigenvalue weighted by molar-refractivity contribution is 5.91. The summed E-state index contributed by atoms with van der Waals surface area (Å²) in [7, 11) is 0. The predicted octanol–water partition coefficient (Wildman–Crippen LogP) is 3.71. The van der Waals surface area contributed by atoms with E-state index in [2.05, 4.69) is 41.4 Å². The number of rotatable bonds is 5. The van der Waals surface area contributed by atoms with Crippen molar-refractivity contribution in [1.82, 2.24) is 10.2 Å². The summed E-state index contributed by atoms with van der Waals surface area (Å²) in [5.41, 5.74) is 4.31. The minimum atomic E-state index is -0.235. The number of nitrogens with one attached hydrogen (secondary N) is 1. The fourth-order valence-electron chi connectivity index (χ4n) is 3.44. The van der Waals surface area contributed by atoms with Crippen LogP contribution in [0.4, 0.5) is 0 Å². The average Bonchev–Trinajstić information content (AvgIpc) is 2.62. The van der Waals surface area contributed by atoms with E-state index in [1.54, 1.807) is 0 Å². The second kappa shape index (κ2) is 8.47. The zero-order valence-electron chi connectivity index (χ0n) is 15.9. The van der Waals surface area contributed by atoms with Crippen molar-refractivity contribution in [3.63, 3.8) is 0 Å². The van der Waals surface area contributed by atoms with Gasteiger partial charge in [0.2, 0.25) is 0 Å². The number of nitrogens with zero attached hydrogens (tertiary/aromatic N) is 1. The number of piperazine rings is 1. The van der Waals surface area contributed by atoms with Gasteiger partial charge in [0.1, 0.15) is 0 Å². The van der Waals surface area contributed by atoms with E-state index < -0.39 is 0 Å². The molecule has 26 heavy (non-hydrogen) atoms. The number of carbonyl (C=O) groups excluding carboxylic acids is 1. The standard InChI is InChI=1S/C22H28N2O2/c1-16(2)26-22(25)20-10-5-4-8-19(20)14-24-12-11-23-21(15-24)18-9-6-7-17(3)13-18/h4-10,13,16,21,23H,11-12,14-15H2,1-3H3. The van der Waals surface area contributed by atoms with E-state index in [4.69, 9.17) is 4.74 Å². The molecule has 1 heterocycles. The fraction of sp³-hybridized carbons (Fsp3) is 0.409. The summed E-state index contributed by atoms with van der Waals surface area (Å²) in [5.74, 6) is -0.235. The van der Waals surface area contributed by atoms with Crippen LogP contribution in [0.25, 0.3) is 0 Å². The number of ether oxygens (including phenoxy) is 1. The molecule has 1 aliphatic heterocycles. The topological polar surface area (TPSA) is 41.6 Å². The van der Waals surface area contributed by atoms with Crippen LogP contribution >= 0.6 is 0 Å². The molecule has 1 unspecified atom stereocenters. The summed E-state index contributed by atoms with van der Waals surface area (Å²) in [6, 6.07) is 16.8. The number of hydrogen-bond donors (Lipinski definition) is 1. The molecule has 2 aromatic carbocycles. The second-order valence-corrected chi connectivity index (χ2v) is 7.27. The van der Waals surface area contributed by atoms with E-state index in [0.717, 1.165) is 31.7 Å². The Morgan fingerprint density at radius 1 is 1.23 bits per heavy atom. The molecule has 4 heteroatoms. The largest absolute Gasteiger partial charge is 0.459 e. The van der Waals surface area contributed by atoms with Crippen molar-refractivity contribution in [1.29, 1.82) is 0 Å². The van der Waals surface area contributed by atoms with Gasteiger partial charge in [-0.3, -0.25) is 4.90 Å². The first-order valence-corrected chi connectivity index (χ1v) is 9.34. The smallest absolute Gasteiger partial charge is 0.338 e. The molecule has 0 radical (unpaired) electrons. The number of benzene rings is 2. The first-order valence-electron chi connectivity index (χ1n) is 9.34. The summed E-state index contributed by atoms with van der Waals surface area (Å²) in [5, 5.41) is 3.61. The van der Waals surface area contributed by atoms with Crippen molar-refractivity contribution < 1.29 is 9.53 Å². The van der Waals surface area contributed by atoms with Gasteiger partial charge in [0, 0.05) is 32.2 Å². The monoisotopic (exact) mass is 352 g/mol. The molecule has 1 saturated heterocycles. The summed E-state index contributed by atoms with van der Waals surface area (Å²) < 4.78 is 5.40. The molecule has 1 N–H and O–H groups in total. The molecule has 1 fully saturated rings. The highest BCUT2D eigenvalue weighted by Crippen LogP contribution is 2.21. The third-order valence-electron chi connectivity index (χ3n) is 4.68. The van der Waals surface area contributed by atoms with E-state index in [-0.39, 0.29) is 12.1 Å². The average molecular weight is 352 g/mol. The van der Waals surface area contributed by atoms with Gasteiger partial charge in [-0.15, -0.1) is 0 Å². The summed E-state index contributed by atoms with van der Waals surface area (Å²) >= 11 is 0. The van der Waals surface area contributed by atoms with E-state index >= 15 is 0 Å².